The summed E-state index contributed by atoms with van der Waals surface area (Å²) in [4.78, 5) is 0. The molecule has 0 fully saturated rings. The van der Waals surface area contributed by atoms with Crippen molar-refractivity contribution in [2.45, 2.75) is 20.0 Å². The van der Waals surface area contributed by atoms with Crippen molar-refractivity contribution in [1.82, 2.24) is 5.32 Å². The minimum Gasteiger partial charge on any atom is -0.496 e. The zero-order valence-corrected chi connectivity index (χ0v) is 11.8. The summed E-state index contributed by atoms with van der Waals surface area (Å²) in [7, 11) is 5.25. The van der Waals surface area contributed by atoms with Crippen LogP contribution in [0.2, 0.25) is 5.02 Å². The molecule has 96 valence electrons. The van der Waals surface area contributed by atoms with Gasteiger partial charge in [0.2, 0.25) is 0 Å². The fourth-order valence-corrected chi connectivity index (χ4v) is 2.15. The van der Waals surface area contributed by atoms with Gasteiger partial charge in [-0.1, -0.05) is 11.6 Å². The van der Waals surface area contributed by atoms with Gasteiger partial charge in [0.25, 0.3) is 0 Å². The number of halogens is 1. The fourth-order valence-electron chi connectivity index (χ4n) is 1.99. The largest absolute Gasteiger partial charge is 0.496 e. The maximum Gasteiger partial charge on any atom is 0.125 e. The Bertz CT molecular complexity index is 393. The maximum absolute atomic E-state index is 6.28. The number of likely N-dealkylation sites (N-methyl/N-ethyl adjacent to an activating group) is 1. The summed E-state index contributed by atoms with van der Waals surface area (Å²) in [6, 6.07) is 1.95. The first-order valence-electron chi connectivity index (χ1n) is 5.57. The van der Waals surface area contributed by atoms with Gasteiger partial charge in [-0.3, -0.25) is 0 Å². The van der Waals surface area contributed by atoms with Gasteiger partial charge in [-0.05, 0) is 38.1 Å². The zero-order chi connectivity index (χ0) is 13.0. The van der Waals surface area contributed by atoms with E-state index in [9.17, 15) is 0 Å². The molecule has 4 heteroatoms. The Morgan fingerprint density at radius 1 is 1.35 bits per heavy atom. The highest BCUT2D eigenvalue weighted by Crippen LogP contribution is 2.36. The molecule has 0 heterocycles. The fraction of sp³-hybridized carbons (Fsp3) is 0.538. The van der Waals surface area contributed by atoms with Crippen LogP contribution < -0.4 is 10.1 Å². The summed E-state index contributed by atoms with van der Waals surface area (Å²) in [5, 5.41) is 3.88. The first-order chi connectivity index (χ1) is 8.06. The van der Waals surface area contributed by atoms with E-state index in [1.807, 2.05) is 27.0 Å². The molecule has 1 aromatic carbocycles. The van der Waals surface area contributed by atoms with E-state index in [4.69, 9.17) is 21.1 Å². The minimum absolute atomic E-state index is 0.0620. The Morgan fingerprint density at radius 3 is 2.47 bits per heavy atom. The lowest BCUT2D eigenvalue weighted by molar-refractivity contribution is 0.101. The molecule has 1 rings (SSSR count). The summed E-state index contributed by atoms with van der Waals surface area (Å²) in [5.74, 6) is 0.825. The van der Waals surface area contributed by atoms with Crippen LogP contribution in [0.4, 0.5) is 0 Å². The first-order valence-corrected chi connectivity index (χ1v) is 5.95. The molecule has 3 nitrogen and oxygen atoms in total. The molecule has 1 unspecified atom stereocenters. The van der Waals surface area contributed by atoms with Gasteiger partial charge in [0, 0.05) is 24.2 Å². The number of hydrogen-bond donors (Lipinski definition) is 1. The van der Waals surface area contributed by atoms with Crippen molar-refractivity contribution in [2.24, 2.45) is 0 Å². The van der Waals surface area contributed by atoms with E-state index in [2.05, 4.69) is 5.32 Å². The summed E-state index contributed by atoms with van der Waals surface area (Å²) in [6.45, 7) is 4.68. The number of hydrogen-bond acceptors (Lipinski definition) is 3. The molecule has 0 spiro atoms. The van der Waals surface area contributed by atoms with Gasteiger partial charge < -0.3 is 14.8 Å². The maximum atomic E-state index is 6.28. The molecule has 0 amide bonds. The van der Waals surface area contributed by atoms with Crippen molar-refractivity contribution in [3.63, 3.8) is 0 Å². The predicted octanol–water partition coefficient (Wildman–Crippen LogP) is 2.87. The molecule has 0 aromatic heterocycles. The predicted molar refractivity (Wildman–Crippen MR) is 71.2 cm³/mol. The Kier molecular flexibility index (Phi) is 5.25. The topological polar surface area (TPSA) is 30.5 Å². The normalized spacial score (nSPS) is 12.6. The van der Waals surface area contributed by atoms with E-state index in [0.29, 0.717) is 6.54 Å². The van der Waals surface area contributed by atoms with E-state index in [1.54, 1.807) is 14.2 Å². The lowest BCUT2D eigenvalue weighted by atomic mass is 9.99. The number of methoxy groups -OCH3 is 2. The van der Waals surface area contributed by atoms with Crippen LogP contribution >= 0.6 is 11.6 Å². The van der Waals surface area contributed by atoms with E-state index in [-0.39, 0.29) is 6.10 Å². The molecule has 0 radical (unpaired) electrons. The molecule has 0 aliphatic rings. The van der Waals surface area contributed by atoms with Crippen LogP contribution in [0.25, 0.3) is 0 Å². The van der Waals surface area contributed by atoms with Crippen LogP contribution in [-0.2, 0) is 4.74 Å². The van der Waals surface area contributed by atoms with Gasteiger partial charge in [-0.25, -0.2) is 0 Å². The lowest BCUT2D eigenvalue weighted by Crippen LogP contribution is -2.20. The lowest BCUT2D eigenvalue weighted by Gasteiger charge is -2.22. The monoisotopic (exact) mass is 257 g/mol. The Labute approximate surface area is 108 Å². The Balaban J connectivity index is 3.33. The van der Waals surface area contributed by atoms with Gasteiger partial charge in [-0.15, -0.1) is 0 Å². The van der Waals surface area contributed by atoms with Gasteiger partial charge in [0.05, 0.1) is 13.2 Å². The van der Waals surface area contributed by atoms with E-state index in [0.717, 1.165) is 27.5 Å². The van der Waals surface area contributed by atoms with Gasteiger partial charge in [0.1, 0.15) is 5.75 Å². The van der Waals surface area contributed by atoms with Crippen LogP contribution in [0, 0.1) is 13.8 Å². The third-order valence-electron chi connectivity index (χ3n) is 2.91. The van der Waals surface area contributed by atoms with Crippen molar-refractivity contribution in [2.75, 3.05) is 27.8 Å². The number of rotatable bonds is 5. The van der Waals surface area contributed by atoms with Gasteiger partial charge in [-0.2, -0.15) is 0 Å². The molecule has 0 aliphatic carbocycles. The Hall–Kier alpha value is -0.770. The van der Waals surface area contributed by atoms with E-state index >= 15 is 0 Å². The highest BCUT2D eigenvalue weighted by Gasteiger charge is 2.20. The number of aryl methyl sites for hydroxylation is 1. The minimum atomic E-state index is -0.0620. The smallest absolute Gasteiger partial charge is 0.125 e. The molecule has 17 heavy (non-hydrogen) atoms. The second kappa shape index (κ2) is 6.24. The molecule has 1 atom stereocenters. The molecule has 0 aliphatic heterocycles. The molecule has 1 N–H and O–H groups in total. The van der Waals surface area contributed by atoms with Crippen LogP contribution in [0.3, 0.4) is 0 Å². The summed E-state index contributed by atoms with van der Waals surface area (Å²) < 4.78 is 10.9. The number of nitrogens with one attached hydrogen (secondary N) is 1. The molecule has 0 saturated heterocycles. The molecular weight excluding hydrogens is 238 g/mol. The highest BCUT2D eigenvalue weighted by atomic mass is 35.5. The van der Waals surface area contributed by atoms with Crippen molar-refractivity contribution < 1.29 is 9.47 Å². The number of benzene rings is 1. The van der Waals surface area contributed by atoms with Crippen LogP contribution in [0.5, 0.6) is 5.75 Å². The van der Waals surface area contributed by atoms with E-state index in [1.165, 1.54) is 0 Å². The molecule has 0 saturated carbocycles. The Morgan fingerprint density at radius 2 is 2.00 bits per heavy atom. The summed E-state index contributed by atoms with van der Waals surface area (Å²) in [5.41, 5.74) is 3.05. The molecular formula is C13H20ClNO2. The van der Waals surface area contributed by atoms with E-state index < -0.39 is 0 Å². The summed E-state index contributed by atoms with van der Waals surface area (Å²) >= 11 is 6.28. The average Bonchev–Trinajstić information content (AvgIpc) is 2.33. The van der Waals surface area contributed by atoms with Crippen molar-refractivity contribution in [1.29, 1.82) is 0 Å². The van der Waals surface area contributed by atoms with Crippen molar-refractivity contribution in [3.8, 4) is 5.75 Å². The van der Waals surface area contributed by atoms with Crippen LogP contribution in [0.1, 0.15) is 22.8 Å². The second-order valence-corrected chi connectivity index (χ2v) is 4.41. The third-order valence-corrected chi connectivity index (χ3v) is 3.49. The zero-order valence-electron chi connectivity index (χ0n) is 11.1. The quantitative estimate of drug-likeness (QED) is 0.880. The highest BCUT2D eigenvalue weighted by molar-refractivity contribution is 6.32. The van der Waals surface area contributed by atoms with Crippen LogP contribution in [-0.4, -0.2) is 27.8 Å². The van der Waals surface area contributed by atoms with Crippen LogP contribution in [0.15, 0.2) is 6.07 Å². The standard InChI is InChI=1S/C13H20ClNO2/c1-8-6-10(16-4)12(9(2)13(8)14)11(17-5)7-15-3/h6,11,15H,7H2,1-5H3. The SMILES string of the molecule is CNCC(OC)c1c(OC)cc(C)c(Cl)c1C. The molecule has 0 bridgehead atoms. The van der Waals surface area contributed by atoms with Gasteiger partial charge in [0.15, 0.2) is 0 Å². The third kappa shape index (κ3) is 2.92. The summed E-state index contributed by atoms with van der Waals surface area (Å²) in [6.07, 6.45) is -0.0620. The van der Waals surface area contributed by atoms with Crippen molar-refractivity contribution >= 4 is 11.6 Å². The average molecular weight is 258 g/mol. The first kappa shape index (κ1) is 14.3. The second-order valence-electron chi connectivity index (χ2n) is 4.03. The van der Waals surface area contributed by atoms with Gasteiger partial charge >= 0.3 is 0 Å². The molecule has 1 aromatic rings. The van der Waals surface area contributed by atoms with Crippen molar-refractivity contribution in [3.05, 3.63) is 27.8 Å². The number of ether oxygens (including phenoxy) is 2.